The Bertz CT molecular complexity index is 370. The molecular formula is C16H29N3. The van der Waals surface area contributed by atoms with Crippen LogP contribution in [0, 0.1) is 5.92 Å². The van der Waals surface area contributed by atoms with Gasteiger partial charge in [-0.25, -0.2) is 4.98 Å². The largest absolute Gasteiger partial charge is 0.353 e. The van der Waals surface area contributed by atoms with Gasteiger partial charge in [-0.15, -0.1) is 0 Å². The minimum absolute atomic E-state index is 0.0210. The van der Waals surface area contributed by atoms with E-state index >= 15 is 0 Å². The summed E-state index contributed by atoms with van der Waals surface area (Å²) < 4.78 is 0. The molecule has 0 aromatic carbocycles. The Morgan fingerprint density at radius 2 is 1.84 bits per heavy atom. The van der Waals surface area contributed by atoms with Crippen LogP contribution in [0.3, 0.4) is 0 Å². The third-order valence-electron chi connectivity index (χ3n) is 3.52. The van der Waals surface area contributed by atoms with Crippen molar-refractivity contribution in [2.45, 2.75) is 59.5 Å². The topological polar surface area (TPSA) is 42.2 Å². The molecule has 2 N–H and O–H groups in total. The summed E-state index contributed by atoms with van der Waals surface area (Å²) in [6.45, 7) is 12.1. The van der Waals surface area contributed by atoms with Gasteiger partial charge in [0.25, 0.3) is 0 Å². The molecular weight excluding hydrogens is 234 g/mol. The molecule has 1 aromatic heterocycles. The van der Waals surface area contributed by atoms with Crippen LogP contribution in [-0.4, -0.2) is 17.6 Å². The zero-order valence-corrected chi connectivity index (χ0v) is 13.1. The molecule has 19 heavy (non-hydrogen) atoms. The van der Waals surface area contributed by atoms with E-state index in [1.165, 1.54) is 0 Å². The summed E-state index contributed by atoms with van der Waals surface area (Å²) in [4.78, 5) is 7.06. The van der Waals surface area contributed by atoms with Gasteiger partial charge in [0, 0.05) is 30.4 Å². The normalized spacial score (nSPS) is 13.1. The molecule has 1 rings (SSSR count). The first-order chi connectivity index (χ1) is 9.01. The van der Waals surface area contributed by atoms with Crippen LogP contribution in [0.2, 0.25) is 0 Å². The van der Waals surface area contributed by atoms with Crippen LogP contribution in [0.5, 0.6) is 0 Å². The van der Waals surface area contributed by atoms with Gasteiger partial charge in [0.2, 0.25) is 0 Å². The smallest absolute Gasteiger partial charge is 0.133 e. The van der Waals surface area contributed by atoms with Crippen LogP contribution in [0.4, 0.5) is 5.82 Å². The SMILES string of the molecule is CCC(CC)N(CC(C)C)c1ncccc1[C@@H](C)N. The van der Waals surface area contributed by atoms with Crippen molar-refractivity contribution in [2.24, 2.45) is 11.7 Å². The first-order valence-corrected chi connectivity index (χ1v) is 7.48. The van der Waals surface area contributed by atoms with Crippen molar-refractivity contribution >= 4 is 5.82 Å². The highest BCUT2D eigenvalue weighted by molar-refractivity contribution is 5.49. The Kier molecular flexibility index (Phi) is 6.29. The van der Waals surface area contributed by atoms with Gasteiger partial charge in [0.1, 0.15) is 5.82 Å². The molecule has 0 aliphatic heterocycles. The molecule has 3 nitrogen and oxygen atoms in total. The molecule has 0 amide bonds. The second kappa shape index (κ2) is 7.49. The second-order valence-electron chi connectivity index (χ2n) is 5.72. The molecule has 0 saturated heterocycles. The molecule has 0 bridgehead atoms. The average Bonchev–Trinajstić information content (AvgIpc) is 2.38. The highest BCUT2D eigenvalue weighted by Crippen LogP contribution is 2.26. The van der Waals surface area contributed by atoms with E-state index < -0.39 is 0 Å². The van der Waals surface area contributed by atoms with Gasteiger partial charge in [-0.3, -0.25) is 0 Å². The van der Waals surface area contributed by atoms with Crippen LogP contribution in [0.15, 0.2) is 18.3 Å². The molecule has 0 saturated carbocycles. The molecule has 3 heteroatoms. The van der Waals surface area contributed by atoms with Crippen LogP contribution in [0.1, 0.15) is 59.1 Å². The summed E-state index contributed by atoms with van der Waals surface area (Å²) in [6.07, 6.45) is 4.15. The van der Waals surface area contributed by atoms with Crippen LogP contribution in [0.25, 0.3) is 0 Å². The molecule has 0 radical (unpaired) electrons. The Labute approximate surface area is 118 Å². The predicted octanol–water partition coefficient (Wildman–Crippen LogP) is 3.75. The van der Waals surface area contributed by atoms with Gasteiger partial charge >= 0.3 is 0 Å². The lowest BCUT2D eigenvalue weighted by Gasteiger charge is -2.35. The van der Waals surface area contributed by atoms with Crippen molar-refractivity contribution in [1.29, 1.82) is 0 Å². The van der Waals surface area contributed by atoms with Gasteiger partial charge in [-0.1, -0.05) is 33.8 Å². The quantitative estimate of drug-likeness (QED) is 0.814. The first-order valence-electron chi connectivity index (χ1n) is 7.48. The molecule has 0 fully saturated rings. The summed E-state index contributed by atoms with van der Waals surface area (Å²) in [7, 11) is 0. The van der Waals surface area contributed by atoms with E-state index in [4.69, 9.17) is 5.73 Å². The minimum Gasteiger partial charge on any atom is -0.353 e. The van der Waals surface area contributed by atoms with Crippen molar-refractivity contribution in [2.75, 3.05) is 11.4 Å². The van der Waals surface area contributed by atoms with Crippen molar-refractivity contribution < 1.29 is 0 Å². The van der Waals surface area contributed by atoms with E-state index in [0.29, 0.717) is 12.0 Å². The summed E-state index contributed by atoms with van der Waals surface area (Å²) in [6, 6.07) is 4.63. The Morgan fingerprint density at radius 1 is 1.21 bits per heavy atom. The standard InChI is InChI=1S/C16H29N3/c1-6-14(7-2)19(11-12(3)4)16-15(13(5)17)9-8-10-18-16/h8-10,12-14H,6-7,11,17H2,1-5H3/t13-/m1/s1. The average molecular weight is 263 g/mol. The lowest BCUT2D eigenvalue weighted by molar-refractivity contribution is 0.500. The number of anilines is 1. The number of hydrogen-bond donors (Lipinski definition) is 1. The minimum atomic E-state index is 0.0210. The molecule has 1 aromatic rings. The van der Waals surface area contributed by atoms with Gasteiger partial charge < -0.3 is 10.6 Å². The van der Waals surface area contributed by atoms with Crippen molar-refractivity contribution in [3.05, 3.63) is 23.9 Å². The van der Waals surface area contributed by atoms with E-state index in [0.717, 1.165) is 30.8 Å². The monoisotopic (exact) mass is 263 g/mol. The zero-order valence-electron chi connectivity index (χ0n) is 13.1. The van der Waals surface area contributed by atoms with Gasteiger partial charge in [-0.05, 0) is 31.7 Å². The van der Waals surface area contributed by atoms with Gasteiger partial charge in [0.15, 0.2) is 0 Å². The van der Waals surface area contributed by atoms with E-state index in [2.05, 4.69) is 43.6 Å². The number of nitrogens with zero attached hydrogens (tertiary/aromatic N) is 2. The molecule has 108 valence electrons. The maximum Gasteiger partial charge on any atom is 0.133 e. The fourth-order valence-electron chi connectivity index (χ4n) is 2.54. The molecule has 0 aliphatic rings. The number of rotatable bonds is 7. The van der Waals surface area contributed by atoms with Gasteiger partial charge in [-0.2, -0.15) is 0 Å². The number of pyridine rings is 1. The van der Waals surface area contributed by atoms with E-state index in [1.807, 2.05) is 19.2 Å². The maximum atomic E-state index is 6.10. The second-order valence-corrected chi connectivity index (χ2v) is 5.72. The summed E-state index contributed by atoms with van der Waals surface area (Å²) >= 11 is 0. The summed E-state index contributed by atoms with van der Waals surface area (Å²) in [5.41, 5.74) is 7.25. The van der Waals surface area contributed by atoms with Crippen LogP contribution < -0.4 is 10.6 Å². The highest BCUT2D eigenvalue weighted by Gasteiger charge is 2.21. The van der Waals surface area contributed by atoms with Crippen LogP contribution in [-0.2, 0) is 0 Å². The third-order valence-corrected chi connectivity index (χ3v) is 3.52. The van der Waals surface area contributed by atoms with E-state index in [9.17, 15) is 0 Å². The Hall–Kier alpha value is -1.09. The lowest BCUT2D eigenvalue weighted by atomic mass is 10.0. The molecule has 1 atom stereocenters. The first kappa shape index (κ1) is 16.0. The fraction of sp³-hybridized carbons (Fsp3) is 0.688. The summed E-state index contributed by atoms with van der Waals surface area (Å²) in [5, 5.41) is 0. The molecule has 0 aliphatic carbocycles. The Morgan fingerprint density at radius 3 is 2.32 bits per heavy atom. The predicted molar refractivity (Wildman–Crippen MR) is 83.4 cm³/mol. The van der Waals surface area contributed by atoms with E-state index in [-0.39, 0.29) is 6.04 Å². The lowest BCUT2D eigenvalue weighted by Crippen LogP contribution is -2.39. The number of aromatic nitrogens is 1. The molecule has 0 unspecified atom stereocenters. The van der Waals surface area contributed by atoms with Gasteiger partial charge in [0.05, 0.1) is 0 Å². The molecule has 0 spiro atoms. The fourth-order valence-corrected chi connectivity index (χ4v) is 2.54. The molecule has 1 heterocycles. The van der Waals surface area contributed by atoms with Crippen molar-refractivity contribution in [3.8, 4) is 0 Å². The van der Waals surface area contributed by atoms with E-state index in [1.54, 1.807) is 0 Å². The number of nitrogens with two attached hydrogens (primary N) is 1. The van der Waals surface area contributed by atoms with Crippen molar-refractivity contribution in [3.63, 3.8) is 0 Å². The van der Waals surface area contributed by atoms with Crippen LogP contribution >= 0.6 is 0 Å². The third kappa shape index (κ3) is 4.20. The zero-order chi connectivity index (χ0) is 14.4. The maximum absolute atomic E-state index is 6.10. The number of hydrogen-bond acceptors (Lipinski definition) is 3. The Balaban J connectivity index is 3.16. The van der Waals surface area contributed by atoms with Crippen molar-refractivity contribution in [1.82, 2.24) is 4.98 Å². The summed E-state index contributed by atoms with van der Waals surface area (Å²) in [5.74, 6) is 1.68. The highest BCUT2D eigenvalue weighted by atomic mass is 15.2.